The molecule has 3 heteroatoms. The van der Waals surface area contributed by atoms with Crippen molar-refractivity contribution in [2.45, 2.75) is 5.41 Å². The molecule has 0 fully saturated rings. The lowest BCUT2D eigenvalue weighted by molar-refractivity contribution is 0.665. The zero-order valence-electron chi connectivity index (χ0n) is 43.7. The van der Waals surface area contributed by atoms with Gasteiger partial charge in [-0.05, 0) is 146 Å². The summed E-state index contributed by atoms with van der Waals surface area (Å²) in [5.74, 6) is 0. The number of hydrogen-bond acceptors (Lipinski definition) is 3. The topological polar surface area (TPSA) is 19.6 Å². The highest BCUT2D eigenvalue weighted by Crippen LogP contribution is 2.59. The summed E-state index contributed by atoms with van der Waals surface area (Å²) < 4.78 is 72.5. The molecule has 0 amide bonds. The molecule has 1 aliphatic rings. The molecular formula is C65H44N2O. The van der Waals surface area contributed by atoms with Crippen molar-refractivity contribution in [3.05, 3.63) is 289 Å². The molecule has 12 aromatic rings. The second-order valence-corrected chi connectivity index (χ2v) is 17.1. The smallest absolute Gasteiger partial charge is 0.135 e. The third kappa shape index (κ3) is 6.43. The lowest BCUT2D eigenvalue weighted by Gasteiger charge is -2.35. The largest absolute Gasteiger partial charge is 0.456 e. The van der Waals surface area contributed by atoms with Gasteiger partial charge in [0.05, 0.1) is 15.0 Å². The SMILES string of the molecule is [2H]c1c([2H])c([2H])c2c([2H])c(C3(c4ccc5c(c4)oc4ccccc45)c4ccc(N(c5ccccc5)c5ccccc5)cc4-c4cc(N(c5ccccc5)c5ccc(-c6ccccc6)cc5)ccc43)c([2H])c([2H])c2c1[2H]. The van der Waals surface area contributed by atoms with Gasteiger partial charge in [-0.25, -0.2) is 0 Å². The first kappa shape index (κ1) is 32.7. The zero-order valence-corrected chi connectivity index (χ0v) is 36.7. The average molecular weight is 876 g/mol. The van der Waals surface area contributed by atoms with Gasteiger partial charge in [-0.1, -0.05) is 176 Å². The van der Waals surface area contributed by atoms with E-state index in [1.807, 2.05) is 115 Å². The first-order chi connectivity index (χ1) is 36.6. The number of fused-ring (bicyclic) bond motifs is 7. The maximum absolute atomic E-state index is 10.3. The quantitative estimate of drug-likeness (QED) is 0.144. The Labute approximate surface area is 405 Å². The Kier molecular flexibility index (Phi) is 7.79. The summed E-state index contributed by atoms with van der Waals surface area (Å²) in [5, 5.41) is 1.55. The maximum atomic E-state index is 10.3. The van der Waals surface area contributed by atoms with E-state index in [0.29, 0.717) is 16.7 Å². The summed E-state index contributed by atoms with van der Waals surface area (Å²) in [5.41, 5.74) is 11.3. The predicted molar refractivity (Wildman–Crippen MR) is 283 cm³/mol. The van der Waals surface area contributed by atoms with E-state index >= 15 is 0 Å². The third-order valence-corrected chi connectivity index (χ3v) is 13.3. The molecule has 320 valence electrons. The van der Waals surface area contributed by atoms with Crippen molar-refractivity contribution in [1.29, 1.82) is 0 Å². The van der Waals surface area contributed by atoms with Crippen molar-refractivity contribution in [3.63, 3.8) is 0 Å². The molecule has 0 N–H and O–H groups in total. The van der Waals surface area contributed by atoms with Crippen LogP contribution in [0.15, 0.2) is 271 Å². The van der Waals surface area contributed by atoms with E-state index < -0.39 is 29.6 Å². The Morgan fingerprint density at radius 1 is 0.353 bits per heavy atom. The Balaban J connectivity index is 1.15. The molecule has 3 nitrogen and oxygen atoms in total. The van der Waals surface area contributed by atoms with Gasteiger partial charge in [-0.2, -0.15) is 0 Å². The minimum atomic E-state index is -1.51. The molecule has 11 aromatic carbocycles. The minimum absolute atomic E-state index is 0.113. The molecule has 1 atom stereocenters. The molecule has 68 heavy (non-hydrogen) atoms. The van der Waals surface area contributed by atoms with E-state index in [-0.39, 0.29) is 34.5 Å². The Morgan fingerprint density at radius 2 is 0.838 bits per heavy atom. The molecule has 13 rings (SSSR count). The van der Waals surface area contributed by atoms with Gasteiger partial charge in [0, 0.05) is 44.9 Å². The van der Waals surface area contributed by atoms with Crippen LogP contribution in [-0.2, 0) is 5.41 Å². The van der Waals surface area contributed by atoms with Crippen LogP contribution in [0.25, 0.3) is 55.0 Å². The highest BCUT2D eigenvalue weighted by atomic mass is 16.3. The fourth-order valence-corrected chi connectivity index (χ4v) is 10.3. The summed E-state index contributed by atoms with van der Waals surface area (Å²) in [4.78, 5) is 4.42. The van der Waals surface area contributed by atoms with Crippen LogP contribution in [0.1, 0.15) is 31.8 Å². The van der Waals surface area contributed by atoms with Gasteiger partial charge in [-0.15, -0.1) is 0 Å². The number of benzene rings is 11. The molecule has 0 bridgehead atoms. The summed E-state index contributed by atoms with van der Waals surface area (Å²) >= 11 is 0. The maximum Gasteiger partial charge on any atom is 0.135 e. The van der Waals surface area contributed by atoms with Crippen molar-refractivity contribution < 1.29 is 14.0 Å². The van der Waals surface area contributed by atoms with Gasteiger partial charge < -0.3 is 14.2 Å². The van der Waals surface area contributed by atoms with Crippen LogP contribution in [0.4, 0.5) is 34.1 Å². The molecular weight excluding hydrogens is 825 g/mol. The fourth-order valence-electron chi connectivity index (χ4n) is 10.3. The van der Waals surface area contributed by atoms with Crippen LogP contribution in [0, 0.1) is 0 Å². The zero-order chi connectivity index (χ0) is 51.1. The summed E-state index contributed by atoms with van der Waals surface area (Å²) in [7, 11) is 0. The lowest BCUT2D eigenvalue weighted by Crippen LogP contribution is -2.28. The average Bonchev–Trinajstić information content (AvgIpc) is 4.09. The first-order valence-electron chi connectivity index (χ1n) is 26.3. The van der Waals surface area contributed by atoms with Crippen LogP contribution in [0.5, 0.6) is 0 Å². The Morgan fingerprint density at radius 3 is 1.44 bits per heavy atom. The number of rotatable bonds is 9. The van der Waals surface area contributed by atoms with Crippen molar-refractivity contribution in [2.24, 2.45) is 0 Å². The van der Waals surface area contributed by atoms with Crippen molar-refractivity contribution in [1.82, 2.24) is 0 Å². The van der Waals surface area contributed by atoms with Crippen molar-refractivity contribution >= 4 is 66.8 Å². The molecule has 1 unspecified atom stereocenters. The van der Waals surface area contributed by atoms with Crippen LogP contribution < -0.4 is 9.80 Å². The Hall–Kier alpha value is -8.92. The number of nitrogens with zero attached hydrogens (tertiary/aromatic N) is 2. The monoisotopic (exact) mass is 875 g/mol. The van der Waals surface area contributed by atoms with E-state index in [0.717, 1.165) is 78.3 Å². The van der Waals surface area contributed by atoms with Gasteiger partial charge in [0.15, 0.2) is 0 Å². The molecule has 0 spiro atoms. The molecule has 1 aliphatic carbocycles. The van der Waals surface area contributed by atoms with Crippen molar-refractivity contribution in [3.8, 4) is 22.3 Å². The van der Waals surface area contributed by atoms with Crippen molar-refractivity contribution in [2.75, 3.05) is 9.80 Å². The fraction of sp³-hybridized carbons (Fsp3) is 0.0154. The molecule has 0 saturated carbocycles. The second-order valence-electron chi connectivity index (χ2n) is 17.1. The van der Waals surface area contributed by atoms with Crippen LogP contribution in [0.2, 0.25) is 0 Å². The van der Waals surface area contributed by atoms with Gasteiger partial charge in [0.1, 0.15) is 11.2 Å². The normalized spacial score (nSPS) is 15.4. The number of para-hydroxylation sites is 4. The molecule has 1 aromatic heterocycles. The van der Waals surface area contributed by atoms with E-state index in [4.69, 9.17) is 8.53 Å². The highest BCUT2D eigenvalue weighted by molar-refractivity contribution is 6.05. The number of furan rings is 1. The highest BCUT2D eigenvalue weighted by Gasteiger charge is 2.47. The standard InChI is InChI=1S/C65H44N2O/c1-5-17-45(18-6-1)47-30-34-54(35-31-47)67(53-25-11-4-12-26-53)56-37-40-62-60(44-56)59-43-55(66(51-21-7-2-8-22-51)52-23-9-3-10-24-52)36-39-61(59)65(62,49-32-29-46-19-13-14-20-48(46)41-49)50-33-38-58-57-27-15-16-28-63(57)68-64(58)42-50/h1-44H/i13D,14D,19D,20D,29D,32D,41D. The minimum Gasteiger partial charge on any atom is -0.456 e. The summed E-state index contributed by atoms with van der Waals surface area (Å²) in [6.07, 6.45) is 0. The summed E-state index contributed by atoms with van der Waals surface area (Å²) in [6.45, 7) is 0. The Bertz CT molecular complexity index is 4170. The molecule has 0 radical (unpaired) electrons. The molecule has 0 aliphatic heterocycles. The van der Waals surface area contributed by atoms with E-state index in [2.05, 4.69) is 119 Å². The molecule has 0 saturated heterocycles. The van der Waals surface area contributed by atoms with E-state index in [1.165, 1.54) is 0 Å². The predicted octanol–water partition coefficient (Wildman–Crippen LogP) is 17.7. The first-order valence-corrected chi connectivity index (χ1v) is 22.8. The van der Waals surface area contributed by atoms with E-state index in [9.17, 15) is 5.48 Å². The third-order valence-electron chi connectivity index (χ3n) is 13.3. The number of hydrogen-bond donors (Lipinski definition) is 0. The van der Waals surface area contributed by atoms with Crippen LogP contribution in [-0.4, -0.2) is 0 Å². The van der Waals surface area contributed by atoms with Crippen LogP contribution >= 0.6 is 0 Å². The lowest BCUT2D eigenvalue weighted by atomic mass is 9.67. The van der Waals surface area contributed by atoms with Gasteiger partial charge in [-0.3, -0.25) is 0 Å². The second kappa shape index (κ2) is 16.2. The van der Waals surface area contributed by atoms with E-state index in [1.54, 1.807) is 0 Å². The summed E-state index contributed by atoms with van der Waals surface area (Å²) in [6, 6.07) is 73.0. The molecule has 1 heterocycles. The van der Waals surface area contributed by atoms with Gasteiger partial charge in [0.25, 0.3) is 0 Å². The number of anilines is 6. The van der Waals surface area contributed by atoms with Gasteiger partial charge >= 0.3 is 0 Å². The van der Waals surface area contributed by atoms with Crippen LogP contribution in [0.3, 0.4) is 0 Å². The van der Waals surface area contributed by atoms with Gasteiger partial charge in [0.2, 0.25) is 0 Å².